The molecule has 3 aromatic rings. The van der Waals surface area contributed by atoms with Crippen molar-refractivity contribution in [2.75, 3.05) is 0 Å². The van der Waals surface area contributed by atoms with Crippen LogP contribution in [-0.2, 0) is 16.1 Å². The van der Waals surface area contributed by atoms with Gasteiger partial charge in [-0.25, -0.2) is 4.98 Å². The van der Waals surface area contributed by atoms with E-state index in [1.165, 1.54) is 0 Å². The first-order valence-electron chi connectivity index (χ1n) is 9.06. The Morgan fingerprint density at radius 2 is 1.79 bits per heavy atom. The summed E-state index contributed by atoms with van der Waals surface area (Å²) in [6.45, 7) is 5.47. The molecule has 146 valence electrons. The first-order chi connectivity index (χ1) is 13.3. The van der Waals surface area contributed by atoms with Crippen molar-refractivity contribution in [2.45, 2.75) is 39.5 Å². The van der Waals surface area contributed by atoms with Crippen LogP contribution >= 0.6 is 11.6 Å². The lowest BCUT2D eigenvalue weighted by Gasteiger charge is -2.17. The number of esters is 1. The molecule has 0 fully saturated rings. The predicted octanol–water partition coefficient (Wildman–Crippen LogP) is 4.13. The second-order valence-corrected chi connectivity index (χ2v) is 7.22. The molecule has 0 radical (unpaired) electrons. The van der Waals surface area contributed by atoms with Crippen LogP contribution in [0.25, 0.3) is 11.0 Å². The van der Waals surface area contributed by atoms with E-state index in [1.807, 2.05) is 31.2 Å². The first kappa shape index (κ1) is 19.9. The second-order valence-electron chi connectivity index (χ2n) is 6.79. The Bertz CT molecular complexity index is 996. The van der Waals surface area contributed by atoms with Gasteiger partial charge in [0, 0.05) is 10.6 Å². The summed E-state index contributed by atoms with van der Waals surface area (Å²) in [5.41, 5.74) is 2.06. The van der Waals surface area contributed by atoms with E-state index in [0.29, 0.717) is 16.4 Å². The Morgan fingerprint density at radius 3 is 2.46 bits per heavy atom. The third-order valence-electron chi connectivity index (χ3n) is 4.18. The summed E-state index contributed by atoms with van der Waals surface area (Å²) in [6.07, 6.45) is -0.201. The van der Waals surface area contributed by atoms with Gasteiger partial charge in [0.05, 0.1) is 23.2 Å². The molecule has 0 saturated heterocycles. The summed E-state index contributed by atoms with van der Waals surface area (Å²) in [7, 11) is 0. The zero-order chi connectivity index (χ0) is 20.3. The lowest BCUT2D eigenvalue weighted by Crippen LogP contribution is -2.29. The minimum absolute atomic E-state index is 0.0230. The topological polar surface area (TPSA) is 73.2 Å². The van der Waals surface area contributed by atoms with Crippen LogP contribution in [0.1, 0.15) is 43.0 Å². The van der Waals surface area contributed by atoms with E-state index >= 15 is 0 Å². The molecule has 0 spiro atoms. The van der Waals surface area contributed by atoms with Gasteiger partial charge in [-0.15, -0.1) is 0 Å². The van der Waals surface area contributed by atoms with Crippen molar-refractivity contribution in [3.05, 3.63) is 64.9 Å². The number of rotatable bonds is 6. The molecule has 0 aliphatic carbocycles. The normalized spacial score (nSPS) is 12.2. The van der Waals surface area contributed by atoms with E-state index in [-0.39, 0.29) is 24.5 Å². The highest BCUT2D eigenvalue weighted by atomic mass is 35.5. The van der Waals surface area contributed by atoms with E-state index in [0.717, 1.165) is 11.0 Å². The van der Waals surface area contributed by atoms with Gasteiger partial charge in [-0.2, -0.15) is 0 Å². The number of amides is 1. The number of carbonyl (C=O) groups is 2. The maximum absolute atomic E-state index is 12.6. The summed E-state index contributed by atoms with van der Waals surface area (Å²) < 4.78 is 7.07. The van der Waals surface area contributed by atoms with Gasteiger partial charge in [-0.3, -0.25) is 9.59 Å². The number of fused-ring (bicyclic) bond motifs is 1. The highest BCUT2D eigenvalue weighted by molar-refractivity contribution is 6.30. The van der Waals surface area contributed by atoms with Gasteiger partial charge in [-0.1, -0.05) is 23.7 Å². The van der Waals surface area contributed by atoms with Gasteiger partial charge in [0.1, 0.15) is 12.4 Å². The predicted molar refractivity (Wildman–Crippen MR) is 108 cm³/mol. The van der Waals surface area contributed by atoms with Crippen LogP contribution in [0.3, 0.4) is 0 Å². The van der Waals surface area contributed by atoms with Crippen LogP contribution in [0.5, 0.6) is 0 Å². The van der Waals surface area contributed by atoms with E-state index in [9.17, 15) is 9.59 Å². The lowest BCUT2D eigenvalue weighted by molar-refractivity contribution is -0.148. The molecule has 0 saturated carbocycles. The summed E-state index contributed by atoms with van der Waals surface area (Å²) in [6, 6.07) is 13.8. The third-order valence-corrected chi connectivity index (χ3v) is 4.43. The molecule has 1 heterocycles. The Labute approximate surface area is 168 Å². The quantitative estimate of drug-likeness (QED) is 0.632. The lowest BCUT2D eigenvalue weighted by atomic mass is 10.2. The fraction of sp³-hybridized carbons (Fsp3) is 0.286. The number of carbonyl (C=O) groups excluding carboxylic acids is 2. The maximum Gasteiger partial charge on any atom is 0.326 e. The number of hydrogen-bond acceptors (Lipinski definition) is 4. The molecule has 2 aromatic carbocycles. The molecular weight excluding hydrogens is 378 g/mol. The monoisotopic (exact) mass is 399 g/mol. The zero-order valence-electron chi connectivity index (χ0n) is 16.0. The van der Waals surface area contributed by atoms with Crippen LogP contribution in [-0.4, -0.2) is 27.5 Å². The number of aromatic nitrogens is 2. The SMILES string of the molecule is CC(C)OC(=O)Cn1c(C(C)NC(=O)c2ccc(Cl)cc2)nc2ccccc21. The number of para-hydroxylation sites is 2. The molecule has 1 atom stereocenters. The Kier molecular flexibility index (Phi) is 5.99. The number of halogens is 1. The van der Waals surface area contributed by atoms with Crippen molar-refractivity contribution in [3.63, 3.8) is 0 Å². The number of ether oxygens (including phenoxy) is 1. The summed E-state index contributed by atoms with van der Waals surface area (Å²) in [5.74, 6) is -0.00706. The highest BCUT2D eigenvalue weighted by Gasteiger charge is 2.21. The highest BCUT2D eigenvalue weighted by Crippen LogP contribution is 2.21. The molecule has 0 aliphatic heterocycles. The molecule has 1 N–H and O–H groups in total. The zero-order valence-corrected chi connectivity index (χ0v) is 16.7. The van der Waals surface area contributed by atoms with E-state index in [4.69, 9.17) is 16.3 Å². The average molecular weight is 400 g/mol. The van der Waals surface area contributed by atoms with Gasteiger partial charge < -0.3 is 14.6 Å². The average Bonchev–Trinajstić information content (AvgIpc) is 3.00. The molecular formula is C21H22ClN3O3. The first-order valence-corrected chi connectivity index (χ1v) is 9.44. The molecule has 0 aliphatic rings. The largest absolute Gasteiger partial charge is 0.462 e. The second kappa shape index (κ2) is 8.44. The van der Waals surface area contributed by atoms with Gasteiger partial charge in [0.2, 0.25) is 0 Å². The number of nitrogens with zero attached hydrogens (tertiary/aromatic N) is 2. The van der Waals surface area contributed by atoms with Gasteiger partial charge in [-0.05, 0) is 57.2 Å². The maximum atomic E-state index is 12.6. The van der Waals surface area contributed by atoms with Crippen molar-refractivity contribution in [3.8, 4) is 0 Å². The third kappa shape index (κ3) is 4.51. The molecule has 1 aromatic heterocycles. The number of nitrogens with one attached hydrogen (secondary N) is 1. The van der Waals surface area contributed by atoms with Gasteiger partial charge >= 0.3 is 5.97 Å². The van der Waals surface area contributed by atoms with Crippen LogP contribution in [0.4, 0.5) is 0 Å². The Hall–Kier alpha value is -2.86. The molecule has 28 heavy (non-hydrogen) atoms. The molecule has 1 amide bonds. The Balaban J connectivity index is 1.88. The van der Waals surface area contributed by atoms with Crippen molar-refractivity contribution in [1.29, 1.82) is 0 Å². The molecule has 6 nitrogen and oxygen atoms in total. The van der Waals surface area contributed by atoms with Gasteiger partial charge in [0.15, 0.2) is 0 Å². The minimum Gasteiger partial charge on any atom is -0.462 e. The van der Waals surface area contributed by atoms with E-state index < -0.39 is 6.04 Å². The smallest absolute Gasteiger partial charge is 0.326 e. The fourth-order valence-corrected chi connectivity index (χ4v) is 3.09. The summed E-state index contributed by atoms with van der Waals surface area (Å²) in [5, 5.41) is 3.49. The van der Waals surface area contributed by atoms with Crippen LogP contribution in [0, 0.1) is 0 Å². The summed E-state index contributed by atoms with van der Waals surface area (Å²) >= 11 is 5.88. The number of benzene rings is 2. The molecule has 1 unspecified atom stereocenters. The van der Waals surface area contributed by atoms with Crippen LogP contribution in [0.15, 0.2) is 48.5 Å². The number of imidazole rings is 1. The molecule has 7 heteroatoms. The number of hydrogen-bond donors (Lipinski definition) is 1. The standard InChI is InChI=1S/C21H22ClN3O3/c1-13(2)28-19(26)12-25-18-7-5-4-6-17(18)24-20(25)14(3)23-21(27)15-8-10-16(22)11-9-15/h4-11,13-14H,12H2,1-3H3,(H,23,27). The van der Waals surface area contributed by atoms with Crippen molar-refractivity contribution >= 4 is 34.5 Å². The van der Waals surface area contributed by atoms with Crippen molar-refractivity contribution in [2.24, 2.45) is 0 Å². The van der Waals surface area contributed by atoms with Crippen molar-refractivity contribution in [1.82, 2.24) is 14.9 Å². The van der Waals surface area contributed by atoms with E-state index in [1.54, 1.807) is 42.7 Å². The van der Waals surface area contributed by atoms with Gasteiger partial charge in [0.25, 0.3) is 5.91 Å². The van der Waals surface area contributed by atoms with Crippen LogP contribution < -0.4 is 5.32 Å². The Morgan fingerprint density at radius 1 is 1.11 bits per heavy atom. The molecule has 0 bridgehead atoms. The minimum atomic E-state index is -0.414. The van der Waals surface area contributed by atoms with Crippen LogP contribution in [0.2, 0.25) is 5.02 Å². The van der Waals surface area contributed by atoms with Crippen molar-refractivity contribution < 1.29 is 14.3 Å². The fourth-order valence-electron chi connectivity index (χ4n) is 2.97. The summed E-state index contributed by atoms with van der Waals surface area (Å²) in [4.78, 5) is 29.4. The molecule has 3 rings (SSSR count). The van der Waals surface area contributed by atoms with E-state index in [2.05, 4.69) is 10.3 Å².